The molecule has 0 spiro atoms. The molecule has 0 saturated carbocycles. The van der Waals surface area contributed by atoms with E-state index in [-0.39, 0.29) is 0 Å². The lowest BCUT2D eigenvalue weighted by molar-refractivity contribution is 1.18. The summed E-state index contributed by atoms with van der Waals surface area (Å²) in [7, 11) is 0. The molecule has 16 heavy (non-hydrogen) atoms. The highest BCUT2D eigenvalue weighted by Crippen LogP contribution is 2.30. The molecule has 0 unspecified atom stereocenters. The second kappa shape index (κ2) is 3.57. The number of hydrogen-bond donors (Lipinski definition) is 1. The SMILES string of the molecule is Nc1cc(-c2cccc3sccc23)ncn1. The Morgan fingerprint density at radius 2 is 2.06 bits per heavy atom. The molecule has 2 aromatic heterocycles. The normalized spacial score (nSPS) is 10.8. The quantitative estimate of drug-likeness (QED) is 0.695. The van der Waals surface area contributed by atoms with Crippen LogP contribution >= 0.6 is 11.3 Å². The molecule has 3 nitrogen and oxygen atoms in total. The maximum absolute atomic E-state index is 5.67. The number of nitrogen functional groups attached to an aromatic ring is 1. The van der Waals surface area contributed by atoms with E-state index < -0.39 is 0 Å². The minimum atomic E-state index is 0.497. The highest BCUT2D eigenvalue weighted by molar-refractivity contribution is 7.17. The summed E-state index contributed by atoms with van der Waals surface area (Å²) in [4.78, 5) is 8.16. The number of aromatic nitrogens is 2. The number of anilines is 1. The number of fused-ring (bicyclic) bond motifs is 1. The van der Waals surface area contributed by atoms with Crippen molar-refractivity contribution < 1.29 is 0 Å². The second-order valence-electron chi connectivity index (χ2n) is 3.47. The number of benzene rings is 1. The van der Waals surface area contributed by atoms with Crippen LogP contribution in [-0.2, 0) is 0 Å². The molecule has 0 fully saturated rings. The number of thiophene rings is 1. The first-order chi connectivity index (χ1) is 7.84. The molecule has 0 saturated heterocycles. The van der Waals surface area contributed by atoms with Crippen LogP contribution in [0.2, 0.25) is 0 Å². The van der Waals surface area contributed by atoms with Crippen molar-refractivity contribution in [3.8, 4) is 11.3 Å². The maximum Gasteiger partial charge on any atom is 0.127 e. The van der Waals surface area contributed by atoms with E-state index in [1.54, 1.807) is 17.4 Å². The van der Waals surface area contributed by atoms with Gasteiger partial charge in [-0.15, -0.1) is 11.3 Å². The fraction of sp³-hybridized carbons (Fsp3) is 0. The van der Waals surface area contributed by atoms with Crippen molar-refractivity contribution in [3.05, 3.63) is 42.0 Å². The van der Waals surface area contributed by atoms with Crippen LogP contribution in [0.5, 0.6) is 0 Å². The largest absolute Gasteiger partial charge is 0.384 e. The summed E-state index contributed by atoms with van der Waals surface area (Å²) < 4.78 is 1.26. The van der Waals surface area contributed by atoms with E-state index in [9.17, 15) is 0 Å². The molecule has 0 aliphatic rings. The smallest absolute Gasteiger partial charge is 0.127 e. The van der Waals surface area contributed by atoms with E-state index >= 15 is 0 Å². The molecule has 2 N–H and O–H groups in total. The maximum atomic E-state index is 5.67. The average Bonchev–Trinajstić information content (AvgIpc) is 2.76. The van der Waals surface area contributed by atoms with Gasteiger partial charge in [0.15, 0.2) is 0 Å². The molecule has 0 atom stereocenters. The summed E-state index contributed by atoms with van der Waals surface area (Å²) in [6, 6.07) is 10.1. The van der Waals surface area contributed by atoms with Crippen LogP contribution in [0.15, 0.2) is 42.0 Å². The first-order valence-electron chi connectivity index (χ1n) is 4.89. The molecule has 0 aliphatic carbocycles. The van der Waals surface area contributed by atoms with Gasteiger partial charge in [-0.3, -0.25) is 0 Å². The lowest BCUT2D eigenvalue weighted by Gasteiger charge is -2.02. The van der Waals surface area contributed by atoms with E-state index in [1.165, 1.54) is 16.4 Å². The summed E-state index contributed by atoms with van der Waals surface area (Å²) in [6.07, 6.45) is 1.50. The first kappa shape index (κ1) is 9.30. The zero-order chi connectivity index (χ0) is 11.0. The van der Waals surface area contributed by atoms with Gasteiger partial charge in [-0.05, 0) is 17.5 Å². The molecule has 78 valence electrons. The third kappa shape index (κ3) is 1.44. The zero-order valence-corrected chi connectivity index (χ0v) is 9.24. The van der Waals surface area contributed by atoms with E-state index in [4.69, 9.17) is 5.73 Å². The molecule has 0 bridgehead atoms. The van der Waals surface area contributed by atoms with Gasteiger partial charge in [0, 0.05) is 21.7 Å². The number of nitrogens with two attached hydrogens (primary N) is 1. The fourth-order valence-corrected chi connectivity index (χ4v) is 2.55. The lowest BCUT2D eigenvalue weighted by Crippen LogP contribution is -1.92. The Morgan fingerprint density at radius 1 is 1.12 bits per heavy atom. The van der Waals surface area contributed by atoms with Crippen LogP contribution in [0.1, 0.15) is 0 Å². The van der Waals surface area contributed by atoms with E-state index in [0.717, 1.165) is 11.3 Å². The topological polar surface area (TPSA) is 51.8 Å². The van der Waals surface area contributed by atoms with E-state index in [1.807, 2.05) is 6.07 Å². The van der Waals surface area contributed by atoms with Crippen molar-refractivity contribution in [1.29, 1.82) is 0 Å². The third-order valence-corrected chi connectivity index (χ3v) is 3.34. The Labute approximate surface area is 96.6 Å². The van der Waals surface area contributed by atoms with Crippen molar-refractivity contribution in [1.82, 2.24) is 9.97 Å². The minimum absolute atomic E-state index is 0.497. The van der Waals surface area contributed by atoms with Gasteiger partial charge in [0.05, 0.1) is 5.69 Å². The van der Waals surface area contributed by atoms with Gasteiger partial charge >= 0.3 is 0 Å². The number of rotatable bonds is 1. The Balaban J connectivity index is 2.29. The molecule has 0 radical (unpaired) electrons. The molecule has 0 aliphatic heterocycles. The Hall–Kier alpha value is -1.94. The van der Waals surface area contributed by atoms with Crippen LogP contribution in [0.4, 0.5) is 5.82 Å². The van der Waals surface area contributed by atoms with Gasteiger partial charge in [0.2, 0.25) is 0 Å². The summed E-state index contributed by atoms with van der Waals surface area (Å²) in [6.45, 7) is 0. The van der Waals surface area contributed by atoms with Gasteiger partial charge in [-0.1, -0.05) is 12.1 Å². The Bertz CT molecular complexity index is 645. The molecule has 1 aromatic carbocycles. The highest BCUT2D eigenvalue weighted by atomic mass is 32.1. The predicted molar refractivity (Wildman–Crippen MR) is 67.3 cm³/mol. The van der Waals surface area contributed by atoms with Crippen molar-refractivity contribution >= 4 is 27.2 Å². The molecule has 4 heteroatoms. The number of hydrogen-bond acceptors (Lipinski definition) is 4. The lowest BCUT2D eigenvalue weighted by atomic mass is 10.1. The van der Waals surface area contributed by atoms with Crippen molar-refractivity contribution in [2.24, 2.45) is 0 Å². The average molecular weight is 227 g/mol. The molecule has 0 amide bonds. The van der Waals surface area contributed by atoms with Crippen molar-refractivity contribution in [2.75, 3.05) is 5.73 Å². The number of nitrogens with zero attached hydrogens (tertiary/aromatic N) is 2. The van der Waals surface area contributed by atoms with Gasteiger partial charge in [0.1, 0.15) is 12.1 Å². The van der Waals surface area contributed by atoms with Crippen LogP contribution in [-0.4, -0.2) is 9.97 Å². The second-order valence-corrected chi connectivity index (χ2v) is 4.41. The fourth-order valence-electron chi connectivity index (χ4n) is 1.74. The summed E-state index contributed by atoms with van der Waals surface area (Å²) in [5.41, 5.74) is 7.64. The van der Waals surface area contributed by atoms with Crippen LogP contribution in [0.3, 0.4) is 0 Å². The van der Waals surface area contributed by atoms with Gasteiger partial charge < -0.3 is 5.73 Å². The highest BCUT2D eigenvalue weighted by Gasteiger charge is 2.05. The molecule has 3 rings (SSSR count). The van der Waals surface area contributed by atoms with Gasteiger partial charge in [-0.2, -0.15) is 0 Å². The van der Waals surface area contributed by atoms with Crippen molar-refractivity contribution in [3.63, 3.8) is 0 Å². The summed E-state index contributed by atoms with van der Waals surface area (Å²) in [5.74, 6) is 0.497. The Kier molecular flexibility index (Phi) is 2.08. The molecular weight excluding hydrogens is 218 g/mol. The standard InChI is InChI=1S/C12H9N3S/c13-12-6-10(14-7-15-12)8-2-1-3-11-9(8)4-5-16-11/h1-7H,(H2,13,14,15). The van der Waals surface area contributed by atoms with Gasteiger partial charge in [-0.25, -0.2) is 9.97 Å². The van der Waals surface area contributed by atoms with Crippen LogP contribution < -0.4 is 5.73 Å². The summed E-state index contributed by atoms with van der Waals surface area (Å²) in [5, 5.41) is 3.30. The van der Waals surface area contributed by atoms with E-state index in [2.05, 4.69) is 33.5 Å². The molecule has 3 aromatic rings. The van der Waals surface area contributed by atoms with Crippen LogP contribution in [0, 0.1) is 0 Å². The summed E-state index contributed by atoms with van der Waals surface area (Å²) >= 11 is 1.73. The first-order valence-corrected chi connectivity index (χ1v) is 5.77. The van der Waals surface area contributed by atoms with Crippen molar-refractivity contribution in [2.45, 2.75) is 0 Å². The molecule has 2 heterocycles. The predicted octanol–water partition coefficient (Wildman–Crippen LogP) is 2.94. The van der Waals surface area contributed by atoms with Crippen LogP contribution in [0.25, 0.3) is 21.3 Å². The molecular formula is C12H9N3S. The zero-order valence-electron chi connectivity index (χ0n) is 8.42. The third-order valence-electron chi connectivity index (χ3n) is 2.46. The minimum Gasteiger partial charge on any atom is -0.384 e. The van der Waals surface area contributed by atoms with E-state index in [0.29, 0.717) is 5.82 Å². The van der Waals surface area contributed by atoms with Gasteiger partial charge in [0.25, 0.3) is 0 Å². The Morgan fingerprint density at radius 3 is 2.94 bits per heavy atom. The monoisotopic (exact) mass is 227 g/mol.